The maximum Gasteiger partial charge on any atom is 0.326 e. The minimum Gasteiger partial charge on any atom is -0.480 e. The Morgan fingerprint density at radius 2 is 2.00 bits per heavy atom. The molecule has 1 heterocycles. The van der Waals surface area contributed by atoms with Gasteiger partial charge < -0.3 is 10.0 Å². The molecular formula is C13H23NO3. The van der Waals surface area contributed by atoms with Crippen molar-refractivity contribution in [3.8, 4) is 0 Å². The van der Waals surface area contributed by atoms with E-state index in [0.717, 1.165) is 6.42 Å². The Morgan fingerprint density at radius 1 is 1.41 bits per heavy atom. The number of carbonyl (C=O) groups excluding carboxylic acids is 1. The van der Waals surface area contributed by atoms with Gasteiger partial charge in [-0.3, -0.25) is 4.79 Å². The lowest BCUT2D eigenvalue weighted by Crippen LogP contribution is -2.41. The Hall–Kier alpha value is -1.06. The molecule has 2 atom stereocenters. The predicted molar refractivity (Wildman–Crippen MR) is 65.6 cm³/mol. The van der Waals surface area contributed by atoms with Gasteiger partial charge in [-0.05, 0) is 24.2 Å². The Bertz CT molecular complexity index is 306. The summed E-state index contributed by atoms with van der Waals surface area (Å²) in [7, 11) is 0. The van der Waals surface area contributed by atoms with Crippen molar-refractivity contribution in [1.82, 2.24) is 4.90 Å². The van der Waals surface area contributed by atoms with Crippen molar-refractivity contribution in [1.29, 1.82) is 0 Å². The lowest BCUT2D eigenvalue weighted by molar-refractivity contribution is -0.148. The maximum atomic E-state index is 12.1. The first kappa shape index (κ1) is 14.0. The molecule has 0 bridgehead atoms. The SMILES string of the molecule is CC(CC(=O)N1CCC[C@@H]1C(=O)O)C(C)(C)C. The van der Waals surface area contributed by atoms with E-state index in [1.807, 2.05) is 6.92 Å². The molecule has 1 rings (SSSR count). The Balaban J connectivity index is 2.61. The van der Waals surface area contributed by atoms with Gasteiger partial charge in [0.2, 0.25) is 5.91 Å². The molecule has 0 aliphatic carbocycles. The quantitative estimate of drug-likeness (QED) is 0.823. The van der Waals surface area contributed by atoms with Crippen LogP contribution in [0.25, 0.3) is 0 Å². The van der Waals surface area contributed by atoms with E-state index >= 15 is 0 Å². The van der Waals surface area contributed by atoms with E-state index in [2.05, 4.69) is 20.8 Å². The van der Waals surface area contributed by atoms with Crippen LogP contribution in [0.2, 0.25) is 0 Å². The number of amides is 1. The summed E-state index contributed by atoms with van der Waals surface area (Å²) in [6.45, 7) is 8.94. The molecule has 1 amide bonds. The van der Waals surface area contributed by atoms with E-state index < -0.39 is 12.0 Å². The van der Waals surface area contributed by atoms with E-state index in [-0.39, 0.29) is 17.2 Å². The zero-order chi connectivity index (χ0) is 13.2. The van der Waals surface area contributed by atoms with Crippen LogP contribution in [0.1, 0.15) is 47.0 Å². The summed E-state index contributed by atoms with van der Waals surface area (Å²) >= 11 is 0. The highest BCUT2D eigenvalue weighted by Crippen LogP contribution is 2.29. The van der Waals surface area contributed by atoms with E-state index in [1.54, 1.807) is 0 Å². The second-order valence-electron chi connectivity index (χ2n) is 6.05. The van der Waals surface area contributed by atoms with Crippen LogP contribution >= 0.6 is 0 Å². The van der Waals surface area contributed by atoms with Gasteiger partial charge in [0.25, 0.3) is 0 Å². The Morgan fingerprint density at radius 3 is 2.47 bits per heavy atom. The lowest BCUT2D eigenvalue weighted by atomic mass is 9.80. The first-order chi connectivity index (χ1) is 7.73. The minimum atomic E-state index is -0.876. The number of likely N-dealkylation sites (tertiary alicyclic amines) is 1. The fourth-order valence-electron chi connectivity index (χ4n) is 2.01. The molecule has 0 aromatic rings. The topological polar surface area (TPSA) is 57.6 Å². The zero-order valence-electron chi connectivity index (χ0n) is 11.2. The van der Waals surface area contributed by atoms with Crippen LogP contribution in [0, 0.1) is 11.3 Å². The monoisotopic (exact) mass is 241 g/mol. The third-order valence-electron chi connectivity index (χ3n) is 3.82. The standard InChI is InChI=1S/C13H23NO3/c1-9(13(2,3)4)8-11(15)14-7-5-6-10(14)12(16)17/h9-10H,5-8H2,1-4H3,(H,16,17)/t9?,10-/m1/s1. The Labute approximate surface area is 103 Å². The molecule has 4 heteroatoms. The van der Waals surface area contributed by atoms with Crippen LogP contribution in [0.3, 0.4) is 0 Å². The summed E-state index contributed by atoms with van der Waals surface area (Å²) in [4.78, 5) is 24.6. The van der Waals surface area contributed by atoms with E-state index in [0.29, 0.717) is 19.4 Å². The molecule has 0 aromatic heterocycles. The van der Waals surface area contributed by atoms with Gasteiger partial charge >= 0.3 is 5.97 Å². The highest BCUT2D eigenvalue weighted by Gasteiger charge is 2.35. The molecule has 1 fully saturated rings. The fraction of sp³-hybridized carbons (Fsp3) is 0.846. The molecule has 1 unspecified atom stereocenters. The van der Waals surface area contributed by atoms with Gasteiger partial charge in [-0.25, -0.2) is 4.79 Å². The molecule has 1 N–H and O–H groups in total. The van der Waals surface area contributed by atoms with Gasteiger partial charge in [0.1, 0.15) is 6.04 Å². The van der Waals surface area contributed by atoms with Gasteiger partial charge in [-0.1, -0.05) is 27.7 Å². The smallest absolute Gasteiger partial charge is 0.326 e. The number of carboxylic acid groups (broad SMARTS) is 1. The van der Waals surface area contributed by atoms with Crippen molar-refractivity contribution in [2.75, 3.05) is 6.54 Å². The Kier molecular flexibility index (Phi) is 4.17. The summed E-state index contributed by atoms with van der Waals surface area (Å²) in [6.07, 6.45) is 1.82. The third kappa shape index (κ3) is 3.45. The zero-order valence-corrected chi connectivity index (χ0v) is 11.2. The third-order valence-corrected chi connectivity index (χ3v) is 3.82. The summed E-state index contributed by atoms with van der Waals surface area (Å²) in [5.74, 6) is -0.637. The molecule has 0 spiro atoms. The van der Waals surface area contributed by atoms with Gasteiger partial charge in [-0.2, -0.15) is 0 Å². The van der Waals surface area contributed by atoms with Crippen LogP contribution < -0.4 is 0 Å². The number of hydrogen-bond acceptors (Lipinski definition) is 2. The average Bonchev–Trinajstić information content (AvgIpc) is 2.63. The largest absolute Gasteiger partial charge is 0.480 e. The number of carbonyl (C=O) groups is 2. The fourth-order valence-corrected chi connectivity index (χ4v) is 2.01. The molecule has 98 valence electrons. The van der Waals surface area contributed by atoms with Crippen molar-refractivity contribution in [3.63, 3.8) is 0 Å². The molecule has 0 aromatic carbocycles. The van der Waals surface area contributed by atoms with Gasteiger partial charge in [0, 0.05) is 13.0 Å². The van der Waals surface area contributed by atoms with Crippen LogP contribution in [0.5, 0.6) is 0 Å². The highest BCUT2D eigenvalue weighted by molar-refractivity contribution is 5.84. The van der Waals surface area contributed by atoms with Crippen molar-refractivity contribution < 1.29 is 14.7 Å². The van der Waals surface area contributed by atoms with E-state index in [1.165, 1.54) is 4.90 Å². The molecule has 17 heavy (non-hydrogen) atoms. The maximum absolute atomic E-state index is 12.1. The normalized spacial score (nSPS) is 22.6. The molecule has 4 nitrogen and oxygen atoms in total. The highest BCUT2D eigenvalue weighted by atomic mass is 16.4. The molecule has 1 aliphatic heterocycles. The van der Waals surface area contributed by atoms with E-state index in [9.17, 15) is 9.59 Å². The van der Waals surface area contributed by atoms with Crippen LogP contribution in [-0.4, -0.2) is 34.5 Å². The first-order valence-electron chi connectivity index (χ1n) is 6.25. The summed E-state index contributed by atoms with van der Waals surface area (Å²) < 4.78 is 0. The molecular weight excluding hydrogens is 218 g/mol. The van der Waals surface area contributed by atoms with Crippen molar-refractivity contribution in [2.24, 2.45) is 11.3 Å². The van der Waals surface area contributed by atoms with E-state index in [4.69, 9.17) is 5.11 Å². The first-order valence-corrected chi connectivity index (χ1v) is 6.25. The van der Waals surface area contributed by atoms with Gasteiger partial charge in [0.15, 0.2) is 0 Å². The number of aliphatic carboxylic acids is 1. The summed E-state index contributed by atoms with van der Waals surface area (Å²) in [6, 6.07) is -0.602. The second-order valence-corrected chi connectivity index (χ2v) is 6.05. The predicted octanol–water partition coefficient (Wildman–Crippen LogP) is 2.13. The van der Waals surface area contributed by atoms with Crippen LogP contribution in [0.4, 0.5) is 0 Å². The average molecular weight is 241 g/mol. The van der Waals surface area contributed by atoms with Crippen molar-refractivity contribution in [2.45, 2.75) is 53.0 Å². The summed E-state index contributed by atoms with van der Waals surface area (Å²) in [5, 5.41) is 9.03. The number of carboxylic acids is 1. The molecule has 0 radical (unpaired) electrons. The van der Waals surface area contributed by atoms with Gasteiger partial charge in [-0.15, -0.1) is 0 Å². The number of nitrogens with zero attached hydrogens (tertiary/aromatic N) is 1. The minimum absolute atomic E-state index is 0.0164. The van der Waals surface area contributed by atoms with Crippen LogP contribution in [-0.2, 0) is 9.59 Å². The number of rotatable bonds is 3. The number of hydrogen-bond donors (Lipinski definition) is 1. The van der Waals surface area contributed by atoms with Crippen molar-refractivity contribution in [3.05, 3.63) is 0 Å². The second kappa shape index (κ2) is 5.07. The molecule has 1 aliphatic rings. The van der Waals surface area contributed by atoms with Crippen LogP contribution in [0.15, 0.2) is 0 Å². The van der Waals surface area contributed by atoms with Gasteiger partial charge in [0.05, 0.1) is 0 Å². The molecule has 0 saturated carbocycles. The lowest BCUT2D eigenvalue weighted by Gasteiger charge is -2.29. The summed E-state index contributed by atoms with van der Waals surface area (Å²) in [5.41, 5.74) is 0.0775. The molecule has 1 saturated heterocycles. The van der Waals surface area contributed by atoms with Crippen molar-refractivity contribution >= 4 is 11.9 Å².